The number of ether oxygens (including phenoxy) is 1. The summed E-state index contributed by atoms with van der Waals surface area (Å²) in [5.74, 6) is 1.80. The summed E-state index contributed by atoms with van der Waals surface area (Å²) >= 11 is 6.05. The van der Waals surface area contributed by atoms with Crippen LogP contribution < -0.4 is 11.1 Å². The monoisotopic (exact) mass is 381 g/mol. The van der Waals surface area contributed by atoms with Gasteiger partial charge in [0.05, 0.1) is 30.1 Å². The molecule has 0 radical (unpaired) electrons. The van der Waals surface area contributed by atoms with Crippen LogP contribution in [0.1, 0.15) is 37.5 Å². The minimum Gasteiger partial charge on any atom is -0.439 e. The third-order valence-electron chi connectivity index (χ3n) is 4.34. The minimum atomic E-state index is -0.186. The summed E-state index contributed by atoms with van der Waals surface area (Å²) in [4.78, 5) is 12.2. The number of aliphatic hydroxyl groups is 1. The van der Waals surface area contributed by atoms with E-state index in [0.29, 0.717) is 29.0 Å². The first-order chi connectivity index (χ1) is 12.6. The quantitative estimate of drug-likeness (QED) is 0.722. The smallest absolute Gasteiger partial charge is 0.220 e. The predicted molar refractivity (Wildman–Crippen MR) is 97.9 cm³/mol. The summed E-state index contributed by atoms with van der Waals surface area (Å²) < 4.78 is 10.7. The fraction of sp³-hybridized carbons (Fsp3) is 0.588. The van der Waals surface area contributed by atoms with Crippen LogP contribution in [0.4, 0.5) is 5.95 Å². The molecule has 2 aliphatic rings. The lowest BCUT2D eigenvalue weighted by Crippen LogP contribution is -2.26. The lowest BCUT2D eigenvalue weighted by atomic mass is 9.98. The van der Waals surface area contributed by atoms with Gasteiger partial charge in [0.2, 0.25) is 5.95 Å². The fourth-order valence-electron chi connectivity index (χ4n) is 2.93. The van der Waals surface area contributed by atoms with Crippen molar-refractivity contribution in [3.05, 3.63) is 23.3 Å². The first kappa shape index (κ1) is 19.0. The third-order valence-corrected chi connectivity index (χ3v) is 4.62. The zero-order valence-electron chi connectivity index (χ0n) is 14.5. The SMILES string of the molecule is Nc1ncc(Cl)c(-c2cnc(C3CCNCC3)o2)n1.OC1CCCOC1. The summed E-state index contributed by atoms with van der Waals surface area (Å²) in [5.41, 5.74) is 6.05. The molecule has 4 N–H and O–H groups in total. The van der Waals surface area contributed by atoms with E-state index >= 15 is 0 Å². The molecule has 1 atom stereocenters. The van der Waals surface area contributed by atoms with Crippen LogP contribution in [0.3, 0.4) is 0 Å². The Morgan fingerprint density at radius 3 is 2.65 bits per heavy atom. The van der Waals surface area contributed by atoms with Gasteiger partial charge in [0, 0.05) is 12.5 Å². The van der Waals surface area contributed by atoms with Crippen molar-refractivity contribution in [2.75, 3.05) is 32.0 Å². The third kappa shape index (κ3) is 5.14. The van der Waals surface area contributed by atoms with Crippen LogP contribution in [-0.4, -0.2) is 52.5 Å². The lowest BCUT2D eigenvalue weighted by Gasteiger charge is -2.19. The summed E-state index contributed by atoms with van der Waals surface area (Å²) in [6.07, 6.45) is 6.91. The predicted octanol–water partition coefficient (Wildman–Crippen LogP) is 1.99. The Morgan fingerprint density at radius 1 is 1.19 bits per heavy atom. The van der Waals surface area contributed by atoms with Crippen LogP contribution in [0.5, 0.6) is 0 Å². The molecule has 142 valence electrons. The van der Waals surface area contributed by atoms with E-state index in [1.54, 1.807) is 6.20 Å². The van der Waals surface area contributed by atoms with Gasteiger partial charge in [-0.15, -0.1) is 0 Å². The number of nitrogens with zero attached hydrogens (tertiary/aromatic N) is 3. The molecule has 2 aromatic heterocycles. The van der Waals surface area contributed by atoms with Crippen LogP contribution in [0, 0.1) is 0 Å². The molecular formula is C17H24ClN5O3. The molecule has 4 rings (SSSR count). The molecule has 4 heterocycles. The number of piperidine rings is 1. The zero-order valence-corrected chi connectivity index (χ0v) is 15.3. The summed E-state index contributed by atoms with van der Waals surface area (Å²) in [5, 5.41) is 12.5. The number of aliphatic hydroxyl groups excluding tert-OH is 1. The van der Waals surface area contributed by atoms with Crippen molar-refractivity contribution in [2.45, 2.75) is 37.7 Å². The molecule has 2 saturated heterocycles. The van der Waals surface area contributed by atoms with E-state index in [0.717, 1.165) is 51.3 Å². The average molecular weight is 382 g/mol. The lowest BCUT2D eigenvalue weighted by molar-refractivity contribution is -0.00535. The van der Waals surface area contributed by atoms with Crippen molar-refractivity contribution in [1.29, 1.82) is 0 Å². The van der Waals surface area contributed by atoms with Gasteiger partial charge >= 0.3 is 0 Å². The number of rotatable bonds is 2. The molecule has 26 heavy (non-hydrogen) atoms. The molecule has 2 aromatic rings. The standard InChI is InChI=1S/C12H14ClN5O.C5H10O2/c13-8-5-17-12(14)18-10(8)9-6-16-11(19-9)7-1-3-15-4-2-7;6-5-2-1-3-7-4-5/h5-7,15H,1-4H2,(H2,14,17,18);5-6H,1-4H2. The summed E-state index contributed by atoms with van der Waals surface area (Å²) in [6.45, 7) is 3.35. The van der Waals surface area contributed by atoms with Crippen LogP contribution >= 0.6 is 11.6 Å². The van der Waals surface area contributed by atoms with E-state index in [4.69, 9.17) is 31.6 Å². The zero-order chi connectivity index (χ0) is 18.4. The highest BCUT2D eigenvalue weighted by atomic mass is 35.5. The molecule has 0 saturated carbocycles. The Balaban J connectivity index is 0.000000236. The minimum absolute atomic E-state index is 0.166. The van der Waals surface area contributed by atoms with E-state index in [1.165, 1.54) is 6.20 Å². The van der Waals surface area contributed by atoms with Crippen LogP contribution in [0.15, 0.2) is 16.8 Å². The number of aromatic nitrogens is 3. The van der Waals surface area contributed by atoms with Crippen LogP contribution in [0.2, 0.25) is 5.02 Å². The topological polar surface area (TPSA) is 119 Å². The Morgan fingerprint density at radius 2 is 2.00 bits per heavy atom. The maximum atomic E-state index is 8.78. The summed E-state index contributed by atoms with van der Waals surface area (Å²) in [6, 6.07) is 0. The Labute approximate surface area is 157 Å². The second kappa shape index (κ2) is 9.27. The number of hydrogen-bond donors (Lipinski definition) is 3. The number of anilines is 1. The first-order valence-corrected chi connectivity index (χ1v) is 9.22. The van der Waals surface area contributed by atoms with Crippen molar-refractivity contribution in [3.63, 3.8) is 0 Å². The largest absolute Gasteiger partial charge is 0.439 e. The number of nitrogen functional groups attached to an aromatic ring is 1. The van der Waals surface area contributed by atoms with Gasteiger partial charge in [-0.2, -0.15) is 0 Å². The molecule has 9 heteroatoms. The molecule has 8 nitrogen and oxygen atoms in total. The van der Waals surface area contributed by atoms with E-state index in [2.05, 4.69) is 20.3 Å². The maximum Gasteiger partial charge on any atom is 0.220 e. The van der Waals surface area contributed by atoms with Gasteiger partial charge in [0.15, 0.2) is 11.7 Å². The maximum absolute atomic E-state index is 8.78. The molecule has 1 unspecified atom stereocenters. The van der Waals surface area contributed by atoms with Crippen molar-refractivity contribution >= 4 is 17.5 Å². The molecule has 0 spiro atoms. The molecule has 0 aliphatic carbocycles. The number of oxazole rings is 1. The van der Waals surface area contributed by atoms with Gasteiger partial charge in [-0.1, -0.05) is 11.6 Å². The second-order valence-corrected chi connectivity index (χ2v) is 6.79. The van der Waals surface area contributed by atoms with Crippen molar-refractivity contribution in [2.24, 2.45) is 0 Å². The van der Waals surface area contributed by atoms with Gasteiger partial charge < -0.3 is 25.3 Å². The highest BCUT2D eigenvalue weighted by Gasteiger charge is 2.21. The second-order valence-electron chi connectivity index (χ2n) is 6.38. The number of nitrogens with two attached hydrogens (primary N) is 1. The highest BCUT2D eigenvalue weighted by Crippen LogP contribution is 2.30. The Hall–Kier alpha value is -1.74. The van der Waals surface area contributed by atoms with Gasteiger partial charge in [-0.05, 0) is 38.8 Å². The summed E-state index contributed by atoms with van der Waals surface area (Å²) in [7, 11) is 0. The van der Waals surface area contributed by atoms with E-state index < -0.39 is 0 Å². The van der Waals surface area contributed by atoms with Crippen molar-refractivity contribution in [1.82, 2.24) is 20.3 Å². The number of nitrogens with one attached hydrogen (secondary N) is 1. The first-order valence-electron chi connectivity index (χ1n) is 8.84. The van der Waals surface area contributed by atoms with Gasteiger partial charge in [0.25, 0.3) is 0 Å². The van der Waals surface area contributed by atoms with Crippen molar-refractivity contribution in [3.8, 4) is 11.5 Å². The molecule has 2 fully saturated rings. The van der Waals surface area contributed by atoms with Crippen LogP contribution in [0.25, 0.3) is 11.5 Å². The number of halogens is 1. The van der Waals surface area contributed by atoms with Gasteiger partial charge in [0.1, 0.15) is 5.69 Å². The molecule has 0 aromatic carbocycles. The van der Waals surface area contributed by atoms with Gasteiger partial charge in [-0.3, -0.25) is 0 Å². The average Bonchev–Trinajstić information content (AvgIpc) is 3.16. The molecule has 2 aliphatic heterocycles. The Bertz CT molecular complexity index is 699. The van der Waals surface area contributed by atoms with Crippen LogP contribution in [-0.2, 0) is 4.74 Å². The fourth-order valence-corrected chi connectivity index (χ4v) is 3.12. The van der Waals surface area contributed by atoms with E-state index in [9.17, 15) is 0 Å². The molecular weight excluding hydrogens is 358 g/mol. The van der Waals surface area contributed by atoms with Gasteiger partial charge in [-0.25, -0.2) is 15.0 Å². The Kier molecular flexibility index (Phi) is 6.79. The van der Waals surface area contributed by atoms with E-state index in [1.807, 2.05) is 0 Å². The number of hydrogen-bond acceptors (Lipinski definition) is 8. The normalized spacial score (nSPS) is 21.1. The van der Waals surface area contributed by atoms with Crippen molar-refractivity contribution < 1.29 is 14.3 Å². The molecule has 0 amide bonds. The molecule has 0 bridgehead atoms. The highest BCUT2D eigenvalue weighted by molar-refractivity contribution is 6.32. The van der Waals surface area contributed by atoms with E-state index in [-0.39, 0.29) is 12.1 Å².